The summed E-state index contributed by atoms with van der Waals surface area (Å²) in [6.07, 6.45) is 0. The van der Waals surface area contributed by atoms with Gasteiger partial charge in [-0.2, -0.15) is 0 Å². The van der Waals surface area contributed by atoms with Crippen LogP contribution in [-0.2, 0) is 19.3 Å². The first-order chi connectivity index (χ1) is 7.74. The third-order valence-electron chi connectivity index (χ3n) is 2.25. The maximum Gasteiger partial charge on any atom is 0.358 e. The van der Waals surface area contributed by atoms with Crippen LogP contribution in [0.1, 0.15) is 5.56 Å². The van der Waals surface area contributed by atoms with Crippen LogP contribution >= 0.6 is 7.60 Å². The first-order valence-corrected chi connectivity index (χ1v) is 5.93. The lowest BCUT2D eigenvalue weighted by Crippen LogP contribution is -2.43. The van der Waals surface area contributed by atoms with Crippen LogP contribution in [0.5, 0.6) is 0 Å². The Bertz CT molecular complexity index is 475. The van der Waals surface area contributed by atoms with Gasteiger partial charge in [0, 0.05) is 0 Å². The lowest BCUT2D eigenvalue weighted by Gasteiger charge is -2.25. The highest BCUT2D eigenvalue weighted by molar-refractivity contribution is 7.55. The number of carboxylic acid groups (broad SMARTS) is 2. The van der Waals surface area contributed by atoms with Crippen molar-refractivity contribution in [3.8, 4) is 0 Å². The molecule has 0 atom stereocenters. The quantitative estimate of drug-likeness (QED) is 0.450. The van der Waals surface area contributed by atoms with E-state index in [-0.39, 0.29) is 0 Å². The molecule has 0 aliphatic heterocycles. The molecule has 0 bridgehead atoms. The minimum atomic E-state index is -5.44. The molecule has 0 saturated carbocycles. The Balaban J connectivity index is 3.66. The standard InChI is InChI=1S/C9H9O7P/c10-7(11)9(8(12)13,17(14,15)16)6-4-2-1-3-5-6/h1-5H,(H,10,11)(H,12,13)(H2,14,15,16). The highest BCUT2D eigenvalue weighted by Crippen LogP contribution is 2.57. The number of aliphatic carboxylic acids is 2. The van der Waals surface area contributed by atoms with Crippen molar-refractivity contribution in [2.24, 2.45) is 0 Å². The van der Waals surface area contributed by atoms with Crippen LogP contribution in [0.3, 0.4) is 0 Å². The normalized spacial score (nSPS) is 12.1. The maximum atomic E-state index is 11.3. The number of carboxylic acids is 2. The largest absolute Gasteiger partial charge is 0.480 e. The van der Waals surface area contributed by atoms with Gasteiger partial charge >= 0.3 is 19.5 Å². The van der Waals surface area contributed by atoms with Gasteiger partial charge < -0.3 is 20.0 Å². The van der Waals surface area contributed by atoms with Crippen LogP contribution in [-0.4, -0.2) is 31.9 Å². The van der Waals surface area contributed by atoms with Crippen LogP contribution < -0.4 is 0 Å². The van der Waals surface area contributed by atoms with Gasteiger partial charge in [0.2, 0.25) is 0 Å². The molecule has 7 nitrogen and oxygen atoms in total. The molecular weight excluding hydrogens is 251 g/mol. The fraction of sp³-hybridized carbons (Fsp3) is 0.111. The Labute approximate surface area is 95.5 Å². The predicted octanol–water partition coefficient (Wildman–Crippen LogP) is 0.229. The Morgan fingerprint density at radius 1 is 1.00 bits per heavy atom. The van der Waals surface area contributed by atoms with E-state index in [0.29, 0.717) is 0 Å². The lowest BCUT2D eigenvalue weighted by molar-refractivity contribution is -0.153. The van der Waals surface area contributed by atoms with E-state index < -0.39 is 30.3 Å². The first kappa shape index (κ1) is 13.4. The molecule has 0 aliphatic rings. The molecule has 1 aromatic carbocycles. The van der Waals surface area contributed by atoms with Gasteiger partial charge in [-0.15, -0.1) is 0 Å². The van der Waals surface area contributed by atoms with Crippen LogP contribution in [0.25, 0.3) is 0 Å². The van der Waals surface area contributed by atoms with Crippen molar-refractivity contribution >= 4 is 19.5 Å². The summed E-state index contributed by atoms with van der Waals surface area (Å²) in [5, 5.41) is 14.6. The fourth-order valence-corrected chi connectivity index (χ4v) is 2.42. The predicted molar refractivity (Wildman–Crippen MR) is 55.4 cm³/mol. The highest BCUT2D eigenvalue weighted by Gasteiger charge is 2.62. The second-order valence-electron chi connectivity index (χ2n) is 3.23. The molecule has 0 amide bonds. The molecule has 0 spiro atoms. The smallest absolute Gasteiger partial charge is 0.358 e. The Hall–Kier alpha value is -1.69. The number of carbonyl (C=O) groups is 2. The van der Waals surface area contributed by atoms with Crippen LogP contribution in [0, 0.1) is 0 Å². The van der Waals surface area contributed by atoms with Crippen LogP contribution in [0.4, 0.5) is 0 Å². The molecule has 8 heteroatoms. The molecule has 0 saturated heterocycles. The average Bonchev–Trinajstić information content (AvgIpc) is 2.16. The van der Waals surface area contributed by atoms with Crippen molar-refractivity contribution in [1.29, 1.82) is 0 Å². The third-order valence-corrected chi connectivity index (χ3v) is 3.76. The Morgan fingerprint density at radius 3 is 1.71 bits per heavy atom. The van der Waals surface area contributed by atoms with E-state index in [2.05, 4.69) is 0 Å². The van der Waals surface area contributed by atoms with Gasteiger partial charge in [0.15, 0.2) is 0 Å². The van der Waals surface area contributed by atoms with Gasteiger partial charge in [0.1, 0.15) is 0 Å². The summed E-state index contributed by atoms with van der Waals surface area (Å²) in [4.78, 5) is 40.2. The van der Waals surface area contributed by atoms with Gasteiger partial charge in [0.25, 0.3) is 5.16 Å². The van der Waals surface area contributed by atoms with E-state index in [0.717, 1.165) is 12.1 Å². The minimum Gasteiger partial charge on any atom is -0.480 e. The molecule has 17 heavy (non-hydrogen) atoms. The van der Waals surface area contributed by atoms with Crippen molar-refractivity contribution < 1.29 is 34.2 Å². The summed E-state index contributed by atoms with van der Waals surface area (Å²) >= 11 is 0. The van der Waals surface area contributed by atoms with E-state index in [1.807, 2.05) is 0 Å². The molecular formula is C9H9O7P. The zero-order chi connectivity index (χ0) is 13.3. The van der Waals surface area contributed by atoms with E-state index in [1.165, 1.54) is 18.2 Å². The summed E-state index contributed by atoms with van der Waals surface area (Å²) < 4.78 is 11.3. The van der Waals surface area contributed by atoms with Crippen molar-refractivity contribution in [2.45, 2.75) is 5.16 Å². The lowest BCUT2D eigenvalue weighted by atomic mass is 9.98. The minimum absolute atomic E-state index is 0.478. The summed E-state index contributed by atoms with van der Waals surface area (Å²) in [7, 11) is -5.44. The Morgan fingerprint density at radius 2 is 1.41 bits per heavy atom. The zero-order valence-electron chi connectivity index (χ0n) is 8.35. The molecule has 4 N–H and O–H groups in total. The van der Waals surface area contributed by atoms with E-state index in [9.17, 15) is 14.2 Å². The Kier molecular flexibility index (Phi) is 3.38. The zero-order valence-corrected chi connectivity index (χ0v) is 9.24. The summed E-state index contributed by atoms with van der Waals surface area (Å²) in [6, 6.07) is 6.15. The van der Waals surface area contributed by atoms with Crippen LogP contribution in [0.15, 0.2) is 30.3 Å². The SMILES string of the molecule is O=C(O)C(C(=O)O)(c1ccccc1)P(=O)(O)O. The summed E-state index contributed by atoms with van der Waals surface area (Å²) in [5.74, 6) is -4.21. The van der Waals surface area contributed by atoms with E-state index >= 15 is 0 Å². The van der Waals surface area contributed by atoms with Gasteiger partial charge in [-0.3, -0.25) is 4.57 Å². The topological polar surface area (TPSA) is 132 Å². The molecule has 0 aromatic heterocycles. The molecule has 0 fully saturated rings. The van der Waals surface area contributed by atoms with Crippen LogP contribution in [0.2, 0.25) is 0 Å². The first-order valence-electron chi connectivity index (χ1n) is 4.32. The average molecular weight is 260 g/mol. The number of benzene rings is 1. The van der Waals surface area contributed by atoms with Gasteiger partial charge in [0.05, 0.1) is 0 Å². The van der Waals surface area contributed by atoms with Gasteiger partial charge in [-0.05, 0) is 5.56 Å². The molecule has 92 valence electrons. The fourth-order valence-electron chi connectivity index (χ4n) is 1.44. The van der Waals surface area contributed by atoms with E-state index in [4.69, 9.17) is 20.0 Å². The molecule has 1 aromatic rings. The van der Waals surface area contributed by atoms with Crippen molar-refractivity contribution in [1.82, 2.24) is 0 Å². The van der Waals surface area contributed by atoms with Gasteiger partial charge in [-0.25, -0.2) is 9.59 Å². The van der Waals surface area contributed by atoms with Gasteiger partial charge in [-0.1, -0.05) is 30.3 Å². The molecule has 0 aliphatic carbocycles. The highest BCUT2D eigenvalue weighted by atomic mass is 31.2. The molecule has 0 heterocycles. The van der Waals surface area contributed by atoms with Crippen molar-refractivity contribution in [3.05, 3.63) is 35.9 Å². The molecule has 0 radical (unpaired) electrons. The monoisotopic (exact) mass is 260 g/mol. The number of hydrogen-bond acceptors (Lipinski definition) is 3. The third kappa shape index (κ3) is 1.95. The second-order valence-corrected chi connectivity index (χ2v) is 4.99. The number of hydrogen-bond donors (Lipinski definition) is 4. The molecule has 1 rings (SSSR count). The maximum absolute atomic E-state index is 11.3. The molecule has 0 unspecified atom stereocenters. The van der Waals surface area contributed by atoms with E-state index in [1.54, 1.807) is 0 Å². The number of rotatable bonds is 4. The second kappa shape index (κ2) is 4.29. The summed E-state index contributed by atoms with van der Waals surface area (Å²) in [5.41, 5.74) is -0.478. The summed E-state index contributed by atoms with van der Waals surface area (Å²) in [6.45, 7) is 0. The van der Waals surface area contributed by atoms with Crippen molar-refractivity contribution in [3.63, 3.8) is 0 Å². The van der Waals surface area contributed by atoms with Crippen molar-refractivity contribution in [2.75, 3.05) is 0 Å².